The molecule has 2 bridgehead atoms. The van der Waals surface area contributed by atoms with Crippen molar-refractivity contribution in [3.8, 4) is 0 Å². The van der Waals surface area contributed by atoms with Crippen LogP contribution in [0.25, 0.3) is 0 Å². The molecular formula is C22H25NO5. The van der Waals surface area contributed by atoms with Crippen LogP contribution in [0, 0.1) is 29.1 Å². The average Bonchev–Trinajstić information content (AvgIpc) is 3.32. The van der Waals surface area contributed by atoms with Crippen LogP contribution < -0.4 is 4.90 Å². The molecule has 6 nitrogen and oxygen atoms in total. The molecule has 6 heteroatoms. The number of carbonyl (C=O) groups is 4. The molecule has 1 aliphatic heterocycles. The number of nitrogens with zero attached hydrogens (tertiary/aromatic N) is 1. The Bertz CT molecular complexity index is 840. The number of ketones is 1. The van der Waals surface area contributed by atoms with Crippen molar-refractivity contribution in [3.05, 3.63) is 29.8 Å². The highest BCUT2D eigenvalue weighted by atomic mass is 16.5. The van der Waals surface area contributed by atoms with E-state index in [0.717, 1.165) is 19.3 Å². The molecule has 28 heavy (non-hydrogen) atoms. The molecule has 2 aliphatic carbocycles. The third kappa shape index (κ3) is 2.95. The molecule has 1 heterocycles. The van der Waals surface area contributed by atoms with Gasteiger partial charge in [0, 0.05) is 5.41 Å². The highest BCUT2D eigenvalue weighted by Gasteiger charge is 2.61. The van der Waals surface area contributed by atoms with Crippen molar-refractivity contribution in [1.82, 2.24) is 0 Å². The number of anilines is 1. The standard InChI is InChI=1S/C22H25NO5/c1-22(2,3)16(24)11-28-21(27)14-5-4-6-15(10-14)23-19(25)17-12-7-8-13(9-12)18(17)20(23)26/h4-6,10,12-13,17-18H,7-9,11H2,1-3H3. The van der Waals surface area contributed by atoms with Crippen LogP contribution in [0.3, 0.4) is 0 Å². The highest BCUT2D eigenvalue weighted by Crippen LogP contribution is 2.56. The van der Waals surface area contributed by atoms with E-state index in [4.69, 9.17) is 4.74 Å². The van der Waals surface area contributed by atoms with Gasteiger partial charge in [-0.2, -0.15) is 0 Å². The van der Waals surface area contributed by atoms with Crippen LogP contribution in [-0.4, -0.2) is 30.2 Å². The van der Waals surface area contributed by atoms with E-state index in [0.29, 0.717) is 17.5 Å². The number of ether oxygens (including phenoxy) is 1. The Kier molecular flexibility index (Phi) is 4.40. The number of Topliss-reactive ketones (excluding diaryl/α,β-unsaturated/α-hetero) is 1. The summed E-state index contributed by atoms with van der Waals surface area (Å²) in [4.78, 5) is 51.4. The van der Waals surface area contributed by atoms with Gasteiger partial charge >= 0.3 is 5.97 Å². The number of hydrogen-bond donors (Lipinski definition) is 0. The zero-order valence-electron chi connectivity index (χ0n) is 16.4. The number of benzene rings is 1. The van der Waals surface area contributed by atoms with Crippen LogP contribution in [0.2, 0.25) is 0 Å². The SMILES string of the molecule is CC(C)(C)C(=O)COC(=O)c1cccc(N2C(=O)C3C4CCC(C4)C3C2=O)c1. The molecule has 1 aromatic rings. The molecule has 2 amide bonds. The molecule has 0 aromatic heterocycles. The first-order valence-electron chi connectivity index (χ1n) is 9.87. The molecule has 3 fully saturated rings. The predicted octanol–water partition coefficient (Wildman–Crippen LogP) is 2.99. The van der Waals surface area contributed by atoms with Crippen LogP contribution in [0.15, 0.2) is 24.3 Å². The van der Waals surface area contributed by atoms with Crippen molar-refractivity contribution in [2.75, 3.05) is 11.5 Å². The van der Waals surface area contributed by atoms with Crippen molar-refractivity contribution in [2.24, 2.45) is 29.1 Å². The lowest BCUT2D eigenvalue weighted by atomic mass is 9.81. The van der Waals surface area contributed by atoms with Gasteiger partial charge in [0.2, 0.25) is 11.8 Å². The van der Waals surface area contributed by atoms with Crippen LogP contribution in [0.1, 0.15) is 50.4 Å². The lowest BCUT2D eigenvalue weighted by Gasteiger charge is -2.19. The van der Waals surface area contributed by atoms with Crippen LogP contribution in [0.4, 0.5) is 5.69 Å². The zero-order valence-corrected chi connectivity index (χ0v) is 16.4. The summed E-state index contributed by atoms with van der Waals surface area (Å²) in [7, 11) is 0. The van der Waals surface area contributed by atoms with E-state index in [1.165, 1.54) is 11.0 Å². The van der Waals surface area contributed by atoms with Crippen LogP contribution in [0.5, 0.6) is 0 Å². The van der Waals surface area contributed by atoms with E-state index in [9.17, 15) is 19.2 Å². The maximum Gasteiger partial charge on any atom is 0.338 e. The maximum absolute atomic E-state index is 12.9. The monoisotopic (exact) mass is 383 g/mol. The van der Waals surface area contributed by atoms with Crippen molar-refractivity contribution in [3.63, 3.8) is 0 Å². The summed E-state index contributed by atoms with van der Waals surface area (Å²) >= 11 is 0. The zero-order chi connectivity index (χ0) is 20.2. The molecule has 4 rings (SSSR count). The van der Waals surface area contributed by atoms with Gasteiger partial charge in [-0.1, -0.05) is 26.8 Å². The first-order valence-corrected chi connectivity index (χ1v) is 9.87. The quantitative estimate of drug-likeness (QED) is 0.590. The van der Waals surface area contributed by atoms with Crippen molar-refractivity contribution in [1.29, 1.82) is 0 Å². The fourth-order valence-electron chi connectivity index (χ4n) is 4.87. The third-order valence-electron chi connectivity index (χ3n) is 6.44. The summed E-state index contributed by atoms with van der Waals surface area (Å²) in [5.74, 6) is -0.881. The van der Waals surface area contributed by atoms with Gasteiger partial charge in [-0.3, -0.25) is 19.3 Å². The number of imide groups is 1. The largest absolute Gasteiger partial charge is 0.454 e. The van der Waals surface area contributed by atoms with Gasteiger partial charge in [0.05, 0.1) is 23.1 Å². The molecule has 0 spiro atoms. The van der Waals surface area contributed by atoms with Gasteiger partial charge in [-0.25, -0.2) is 4.79 Å². The first-order chi connectivity index (χ1) is 13.2. The summed E-state index contributed by atoms with van der Waals surface area (Å²) in [6.07, 6.45) is 3.02. The van der Waals surface area contributed by atoms with Crippen molar-refractivity contribution in [2.45, 2.75) is 40.0 Å². The number of rotatable bonds is 4. The van der Waals surface area contributed by atoms with Crippen LogP contribution in [-0.2, 0) is 19.1 Å². The molecule has 0 radical (unpaired) electrons. The third-order valence-corrected chi connectivity index (χ3v) is 6.44. The minimum Gasteiger partial charge on any atom is -0.454 e. The number of hydrogen-bond acceptors (Lipinski definition) is 5. The smallest absolute Gasteiger partial charge is 0.338 e. The Labute approximate surface area is 164 Å². The summed E-state index contributed by atoms with van der Waals surface area (Å²) < 4.78 is 5.13. The molecule has 1 saturated heterocycles. The normalized spacial score (nSPS) is 28.6. The molecule has 0 N–H and O–H groups in total. The van der Waals surface area contributed by atoms with E-state index in [-0.39, 0.29) is 41.6 Å². The van der Waals surface area contributed by atoms with Gasteiger partial charge in [-0.15, -0.1) is 0 Å². The summed E-state index contributed by atoms with van der Waals surface area (Å²) in [6, 6.07) is 6.35. The maximum atomic E-state index is 12.9. The molecule has 4 unspecified atom stereocenters. The Morgan fingerprint density at radius 2 is 1.68 bits per heavy atom. The second-order valence-corrected chi connectivity index (χ2v) is 9.20. The highest BCUT2D eigenvalue weighted by molar-refractivity contribution is 6.22. The Morgan fingerprint density at radius 3 is 2.25 bits per heavy atom. The van der Waals surface area contributed by atoms with Gasteiger partial charge in [0.1, 0.15) is 0 Å². The second kappa shape index (κ2) is 6.54. The van der Waals surface area contributed by atoms with E-state index < -0.39 is 11.4 Å². The van der Waals surface area contributed by atoms with Crippen LogP contribution >= 0.6 is 0 Å². The van der Waals surface area contributed by atoms with Crippen molar-refractivity contribution >= 4 is 29.3 Å². The van der Waals surface area contributed by atoms with E-state index >= 15 is 0 Å². The fraction of sp³-hybridized carbons (Fsp3) is 0.545. The Morgan fingerprint density at radius 1 is 1.07 bits per heavy atom. The van der Waals surface area contributed by atoms with E-state index in [1.54, 1.807) is 39.0 Å². The summed E-state index contributed by atoms with van der Waals surface area (Å²) in [5, 5.41) is 0. The lowest BCUT2D eigenvalue weighted by molar-refractivity contribution is -0.129. The van der Waals surface area contributed by atoms with Gasteiger partial charge in [-0.05, 0) is 49.3 Å². The number of fused-ring (bicyclic) bond motifs is 5. The minimum atomic E-state index is -0.640. The van der Waals surface area contributed by atoms with Gasteiger partial charge in [0.25, 0.3) is 0 Å². The summed E-state index contributed by atoms with van der Waals surface area (Å²) in [5.41, 5.74) is 0.0356. The average molecular weight is 383 g/mol. The number of amides is 2. The minimum absolute atomic E-state index is 0.143. The lowest BCUT2D eigenvalue weighted by Crippen LogP contribution is -2.33. The Hall–Kier alpha value is -2.50. The molecule has 1 aromatic carbocycles. The molecule has 4 atom stereocenters. The van der Waals surface area contributed by atoms with Crippen molar-refractivity contribution < 1.29 is 23.9 Å². The number of carbonyl (C=O) groups excluding carboxylic acids is 4. The summed E-state index contributed by atoms with van der Waals surface area (Å²) in [6.45, 7) is 4.98. The van der Waals surface area contributed by atoms with E-state index in [2.05, 4.69) is 0 Å². The topological polar surface area (TPSA) is 80.8 Å². The molecule has 3 aliphatic rings. The predicted molar refractivity (Wildman–Crippen MR) is 101 cm³/mol. The number of esters is 1. The second-order valence-electron chi connectivity index (χ2n) is 9.20. The first kappa shape index (κ1) is 18.8. The molecular weight excluding hydrogens is 358 g/mol. The Balaban J connectivity index is 1.51. The van der Waals surface area contributed by atoms with E-state index in [1.807, 2.05) is 0 Å². The molecule has 2 saturated carbocycles. The fourth-order valence-corrected chi connectivity index (χ4v) is 4.87. The van der Waals surface area contributed by atoms with Gasteiger partial charge in [0.15, 0.2) is 12.4 Å². The van der Waals surface area contributed by atoms with Gasteiger partial charge < -0.3 is 4.74 Å². The molecule has 148 valence electrons.